The molecule has 1 aliphatic rings. The van der Waals surface area contributed by atoms with Gasteiger partial charge in [0.25, 0.3) is 0 Å². The van der Waals surface area contributed by atoms with Gasteiger partial charge in [-0.25, -0.2) is 0 Å². The third-order valence-electron chi connectivity index (χ3n) is 5.55. The van der Waals surface area contributed by atoms with E-state index in [2.05, 4.69) is 57.6 Å². The molecule has 1 aromatic carbocycles. The fourth-order valence-corrected chi connectivity index (χ4v) is 4.07. The molecular formula is C24H28N4O. The van der Waals surface area contributed by atoms with Crippen molar-refractivity contribution < 1.29 is 0 Å². The van der Waals surface area contributed by atoms with Crippen molar-refractivity contribution in [3.8, 4) is 0 Å². The molecule has 0 aliphatic heterocycles. The Kier molecular flexibility index (Phi) is 6.17. The lowest BCUT2D eigenvalue weighted by molar-refractivity contribution is 0.315. The monoisotopic (exact) mass is 388 g/mol. The number of nitrogens with zero attached hydrogens (tertiary/aromatic N) is 2. The second-order valence-electron chi connectivity index (χ2n) is 7.87. The minimum atomic E-state index is 0.157. The SMILES string of the molecule is CN(Cc1ccc(CNC2CCCc3c2[nH]ccc3=O)cc1)Cc1ccccn1. The van der Waals surface area contributed by atoms with Crippen molar-refractivity contribution in [1.82, 2.24) is 20.2 Å². The van der Waals surface area contributed by atoms with Gasteiger partial charge in [0.05, 0.1) is 5.69 Å². The first-order chi connectivity index (χ1) is 14.2. The molecule has 1 aliphatic carbocycles. The van der Waals surface area contributed by atoms with Crippen LogP contribution in [0.15, 0.2) is 65.7 Å². The molecule has 5 nitrogen and oxygen atoms in total. The second-order valence-corrected chi connectivity index (χ2v) is 7.87. The van der Waals surface area contributed by atoms with E-state index in [1.54, 1.807) is 12.3 Å². The smallest absolute Gasteiger partial charge is 0.185 e. The van der Waals surface area contributed by atoms with Gasteiger partial charge in [-0.05, 0) is 49.6 Å². The maximum absolute atomic E-state index is 12.1. The highest BCUT2D eigenvalue weighted by molar-refractivity contribution is 5.27. The number of H-pyrrole nitrogens is 1. The molecule has 0 fully saturated rings. The highest BCUT2D eigenvalue weighted by atomic mass is 16.1. The van der Waals surface area contributed by atoms with Crippen molar-refractivity contribution in [1.29, 1.82) is 0 Å². The summed E-state index contributed by atoms with van der Waals surface area (Å²) in [7, 11) is 2.12. The first-order valence-electron chi connectivity index (χ1n) is 10.3. The summed E-state index contributed by atoms with van der Waals surface area (Å²) >= 11 is 0. The van der Waals surface area contributed by atoms with E-state index in [0.29, 0.717) is 0 Å². The predicted molar refractivity (Wildman–Crippen MR) is 115 cm³/mol. The lowest BCUT2D eigenvalue weighted by atomic mass is 9.91. The van der Waals surface area contributed by atoms with E-state index in [9.17, 15) is 4.79 Å². The molecular weight excluding hydrogens is 360 g/mol. The molecule has 0 spiro atoms. The Morgan fingerprint density at radius 3 is 2.72 bits per heavy atom. The van der Waals surface area contributed by atoms with Gasteiger partial charge in [0, 0.05) is 55.4 Å². The number of pyridine rings is 2. The second kappa shape index (κ2) is 9.16. The summed E-state index contributed by atoms with van der Waals surface area (Å²) in [6.45, 7) is 2.52. The first kappa shape index (κ1) is 19.6. The van der Waals surface area contributed by atoms with E-state index in [4.69, 9.17) is 0 Å². The van der Waals surface area contributed by atoms with Crippen LogP contribution in [0.2, 0.25) is 0 Å². The Hall–Kier alpha value is -2.76. The Labute approximate surface area is 171 Å². The number of aromatic amines is 1. The van der Waals surface area contributed by atoms with E-state index in [1.807, 2.05) is 18.3 Å². The summed E-state index contributed by atoms with van der Waals surface area (Å²) in [6, 6.07) is 16.6. The molecule has 5 heteroatoms. The maximum Gasteiger partial charge on any atom is 0.185 e. The third kappa shape index (κ3) is 5.00. The third-order valence-corrected chi connectivity index (χ3v) is 5.55. The van der Waals surface area contributed by atoms with Crippen LogP contribution < -0.4 is 10.7 Å². The lowest BCUT2D eigenvalue weighted by Gasteiger charge is -2.25. The number of aromatic nitrogens is 2. The molecule has 0 amide bonds. The highest BCUT2D eigenvalue weighted by Crippen LogP contribution is 2.26. The number of hydrogen-bond donors (Lipinski definition) is 2. The molecule has 150 valence electrons. The normalized spacial score (nSPS) is 16.0. The minimum Gasteiger partial charge on any atom is -0.363 e. The molecule has 2 aromatic heterocycles. The Morgan fingerprint density at radius 1 is 1.10 bits per heavy atom. The summed E-state index contributed by atoms with van der Waals surface area (Å²) in [6.07, 6.45) is 6.59. The van der Waals surface area contributed by atoms with E-state index < -0.39 is 0 Å². The summed E-state index contributed by atoms with van der Waals surface area (Å²) in [5.41, 5.74) is 5.80. The summed E-state index contributed by atoms with van der Waals surface area (Å²) in [5, 5.41) is 3.63. The van der Waals surface area contributed by atoms with Crippen LogP contribution in [0.5, 0.6) is 0 Å². The van der Waals surface area contributed by atoms with Crippen molar-refractivity contribution in [3.63, 3.8) is 0 Å². The molecule has 29 heavy (non-hydrogen) atoms. The van der Waals surface area contributed by atoms with Crippen LogP contribution in [0, 0.1) is 0 Å². The summed E-state index contributed by atoms with van der Waals surface area (Å²) in [5.74, 6) is 0. The molecule has 4 rings (SSSR count). The molecule has 0 saturated heterocycles. The zero-order valence-electron chi connectivity index (χ0n) is 16.9. The van der Waals surface area contributed by atoms with Gasteiger partial charge < -0.3 is 10.3 Å². The number of benzene rings is 1. The molecule has 0 radical (unpaired) electrons. The summed E-state index contributed by atoms with van der Waals surface area (Å²) in [4.78, 5) is 22.0. The predicted octanol–water partition coefficient (Wildman–Crippen LogP) is 3.57. The molecule has 0 saturated carbocycles. The van der Waals surface area contributed by atoms with Crippen LogP contribution in [0.3, 0.4) is 0 Å². The van der Waals surface area contributed by atoms with Gasteiger partial charge in [-0.2, -0.15) is 0 Å². The summed E-state index contributed by atoms with van der Waals surface area (Å²) < 4.78 is 0. The van der Waals surface area contributed by atoms with Crippen LogP contribution in [0.1, 0.15) is 47.0 Å². The maximum atomic E-state index is 12.1. The molecule has 0 bridgehead atoms. The van der Waals surface area contributed by atoms with E-state index >= 15 is 0 Å². The van der Waals surface area contributed by atoms with Crippen LogP contribution in [-0.4, -0.2) is 21.9 Å². The number of fused-ring (bicyclic) bond motifs is 1. The van der Waals surface area contributed by atoms with Gasteiger partial charge >= 0.3 is 0 Å². The average Bonchev–Trinajstić information content (AvgIpc) is 2.74. The van der Waals surface area contributed by atoms with Gasteiger partial charge in [0.2, 0.25) is 0 Å². The quantitative estimate of drug-likeness (QED) is 0.650. The van der Waals surface area contributed by atoms with Crippen molar-refractivity contribution in [2.75, 3.05) is 7.05 Å². The first-order valence-corrected chi connectivity index (χ1v) is 10.3. The minimum absolute atomic E-state index is 0.157. The van der Waals surface area contributed by atoms with E-state index in [1.165, 1.54) is 11.1 Å². The Bertz CT molecular complexity index is 982. The molecule has 3 aromatic rings. The van der Waals surface area contributed by atoms with Crippen molar-refractivity contribution in [3.05, 3.63) is 99.2 Å². The van der Waals surface area contributed by atoms with Gasteiger partial charge in [0.15, 0.2) is 5.43 Å². The fourth-order valence-electron chi connectivity index (χ4n) is 4.07. The topological polar surface area (TPSA) is 61.0 Å². The zero-order chi connectivity index (χ0) is 20.1. The zero-order valence-corrected chi connectivity index (χ0v) is 16.9. The van der Waals surface area contributed by atoms with Gasteiger partial charge in [-0.3, -0.25) is 14.7 Å². The van der Waals surface area contributed by atoms with Crippen molar-refractivity contribution in [2.45, 2.75) is 44.9 Å². The lowest BCUT2D eigenvalue weighted by Crippen LogP contribution is -2.29. The highest BCUT2D eigenvalue weighted by Gasteiger charge is 2.21. The van der Waals surface area contributed by atoms with E-state index in [0.717, 1.165) is 55.8 Å². The molecule has 1 unspecified atom stereocenters. The number of hydrogen-bond acceptors (Lipinski definition) is 4. The Morgan fingerprint density at radius 2 is 1.93 bits per heavy atom. The largest absolute Gasteiger partial charge is 0.363 e. The van der Waals surface area contributed by atoms with Crippen LogP contribution in [0.25, 0.3) is 0 Å². The number of rotatable bonds is 7. The van der Waals surface area contributed by atoms with Crippen LogP contribution in [0.4, 0.5) is 0 Å². The Balaban J connectivity index is 1.32. The molecule has 1 atom stereocenters. The van der Waals surface area contributed by atoms with Gasteiger partial charge in [0.1, 0.15) is 0 Å². The standard InChI is InChI=1S/C24H28N4O/c1-28(17-20-5-2-3-13-25-20)16-19-10-8-18(9-11-19)15-27-22-7-4-6-21-23(29)12-14-26-24(21)22/h2-3,5,8-14,22,27H,4,6-7,15-17H2,1H3,(H,26,29). The fraction of sp³-hybridized carbons (Fsp3) is 0.333. The average molecular weight is 389 g/mol. The van der Waals surface area contributed by atoms with Crippen LogP contribution in [-0.2, 0) is 26.1 Å². The van der Waals surface area contributed by atoms with Crippen molar-refractivity contribution >= 4 is 0 Å². The van der Waals surface area contributed by atoms with E-state index in [-0.39, 0.29) is 11.5 Å². The molecule has 2 N–H and O–H groups in total. The van der Waals surface area contributed by atoms with Crippen molar-refractivity contribution in [2.24, 2.45) is 0 Å². The van der Waals surface area contributed by atoms with Gasteiger partial charge in [-0.1, -0.05) is 30.3 Å². The number of nitrogens with one attached hydrogen (secondary N) is 2. The van der Waals surface area contributed by atoms with Gasteiger partial charge in [-0.15, -0.1) is 0 Å². The molecule has 2 heterocycles. The van der Waals surface area contributed by atoms with Crippen LogP contribution >= 0.6 is 0 Å².